The number of anilines is 2. The van der Waals surface area contributed by atoms with Gasteiger partial charge in [0.1, 0.15) is 18.5 Å². The highest BCUT2D eigenvalue weighted by molar-refractivity contribution is 7.86. The molecule has 2 heterocycles. The maximum absolute atomic E-state index is 14.7. The van der Waals surface area contributed by atoms with Crippen LogP contribution < -0.4 is 9.80 Å². The van der Waals surface area contributed by atoms with E-state index < -0.39 is 28.1 Å². The molecule has 0 aliphatic carbocycles. The standard InChI is InChI=1S/C20H20ClFN2O6S/c21-14-4-6-16(7-5-14)31(26,27)29-13-15-12-24(20(25)30-15)18-3-1-2-17(22)19(18)23-8-10-28-11-9-23/h1-7,15H,8-13H2. The highest BCUT2D eigenvalue weighted by Crippen LogP contribution is 2.35. The molecule has 0 saturated carbocycles. The maximum atomic E-state index is 14.7. The van der Waals surface area contributed by atoms with E-state index >= 15 is 0 Å². The molecule has 2 fully saturated rings. The van der Waals surface area contributed by atoms with Crippen LogP contribution in [0, 0.1) is 5.82 Å². The van der Waals surface area contributed by atoms with Crippen molar-refractivity contribution in [1.29, 1.82) is 0 Å². The van der Waals surface area contributed by atoms with Crippen molar-refractivity contribution in [3.8, 4) is 0 Å². The molecule has 11 heteroatoms. The van der Waals surface area contributed by atoms with Gasteiger partial charge in [-0.05, 0) is 36.4 Å². The van der Waals surface area contributed by atoms with Crippen molar-refractivity contribution >= 4 is 39.2 Å². The van der Waals surface area contributed by atoms with Crippen LogP contribution in [-0.4, -0.2) is 60.1 Å². The molecule has 8 nitrogen and oxygen atoms in total. The molecule has 2 aliphatic heterocycles. The minimum absolute atomic E-state index is 0.0236. The Hall–Kier alpha value is -2.40. The normalized spacial score (nSPS) is 19.5. The lowest BCUT2D eigenvalue weighted by Gasteiger charge is -2.32. The summed E-state index contributed by atoms with van der Waals surface area (Å²) >= 11 is 5.78. The zero-order valence-electron chi connectivity index (χ0n) is 16.4. The Balaban J connectivity index is 1.48. The Morgan fingerprint density at radius 3 is 2.55 bits per heavy atom. The quantitative estimate of drug-likeness (QED) is 0.600. The van der Waals surface area contributed by atoms with Crippen LogP contribution in [0.3, 0.4) is 0 Å². The van der Waals surface area contributed by atoms with E-state index in [1.54, 1.807) is 6.07 Å². The summed E-state index contributed by atoms with van der Waals surface area (Å²) < 4.78 is 55.0. The second-order valence-corrected chi connectivity index (χ2v) is 9.07. The summed E-state index contributed by atoms with van der Waals surface area (Å²) in [6, 6.07) is 9.99. The van der Waals surface area contributed by atoms with Gasteiger partial charge in [0, 0.05) is 18.1 Å². The second kappa shape index (κ2) is 8.99. The van der Waals surface area contributed by atoms with Crippen molar-refractivity contribution in [2.24, 2.45) is 0 Å². The number of carbonyl (C=O) groups is 1. The van der Waals surface area contributed by atoms with E-state index in [1.165, 1.54) is 41.3 Å². The first-order valence-electron chi connectivity index (χ1n) is 9.59. The number of morpholine rings is 1. The summed E-state index contributed by atoms with van der Waals surface area (Å²) in [5.41, 5.74) is 0.646. The van der Waals surface area contributed by atoms with E-state index in [2.05, 4.69) is 0 Å². The van der Waals surface area contributed by atoms with Gasteiger partial charge in [-0.25, -0.2) is 9.18 Å². The van der Waals surface area contributed by atoms with Crippen LogP contribution in [0.4, 0.5) is 20.6 Å². The number of carbonyl (C=O) groups excluding carboxylic acids is 1. The molecule has 0 bridgehead atoms. The van der Waals surface area contributed by atoms with Gasteiger partial charge in [-0.1, -0.05) is 17.7 Å². The first-order valence-corrected chi connectivity index (χ1v) is 11.4. The lowest BCUT2D eigenvalue weighted by atomic mass is 10.2. The number of rotatable bonds is 6. The van der Waals surface area contributed by atoms with Gasteiger partial charge in [-0.2, -0.15) is 8.42 Å². The molecular weight excluding hydrogens is 451 g/mol. The number of cyclic esters (lactones) is 1. The van der Waals surface area contributed by atoms with Gasteiger partial charge in [-0.3, -0.25) is 9.08 Å². The fraction of sp³-hybridized carbons (Fsp3) is 0.350. The third kappa shape index (κ3) is 4.77. The van der Waals surface area contributed by atoms with E-state index in [0.29, 0.717) is 37.0 Å². The minimum atomic E-state index is -4.05. The summed E-state index contributed by atoms with van der Waals surface area (Å²) in [5, 5.41) is 0.394. The van der Waals surface area contributed by atoms with Gasteiger partial charge in [0.25, 0.3) is 10.1 Å². The third-order valence-corrected chi connectivity index (χ3v) is 6.52. The van der Waals surface area contributed by atoms with Crippen LogP contribution in [0.1, 0.15) is 0 Å². The molecule has 2 aromatic carbocycles. The number of nitrogens with zero attached hydrogens (tertiary/aromatic N) is 2. The molecule has 1 atom stereocenters. The zero-order valence-corrected chi connectivity index (χ0v) is 17.9. The fourth-order valence-corrected chi connectivity index (χ4v) is 4.52. The molecule has 0 spiro atoms. The Kier molecular flexibility index (Phi) is 6.33. The second-order valence-electron chi connectivity index (χ2n) is 7.02. The first kappa shape index (κ1) is 21.8. The molecule has 0 N–H and O–H groups in total. The molecule has 0 radical (unpaired) electrons. The van der Waals surface area contributed by atoms with Gasteiger partial charge < -0.3 is 14.4 Å². The third-order valence-electron chi connectivity index (χ3n) is 4.97. The van der Waals surface area contributed by atoms with Crippen molar-refractivity contribution in [3.63, 3.8) is 0 Å². The van der Waals surface area contributed by atoms with Crippen LogP contribution in [0.2, 0.25) is 5.02 Å². The summed E-state index contributed by atoms with van der Waals surface area (Å²) in [4.78, 5) is 15.5. The number of ether oxygens (including phenoxy) is 2. The molecule has 0 aromatic heterocycles. The van der Waals surface area contributed by atoms with Gasteiger partial charge in [0.15, 0.2) is 0 Å². The number of benzene rings is 2. The average Bonchev–Trinajstić information content (AvgIpc) is 3.13. The number of halogens is 2. The fourth-order valence-electron chi connectivity index (χ4n) is 3.46. The minimum Gasteiger partial charge on any atom is -0.441 e. The lowest BCUT2D eigenvalue weighted by Crippen LogP contribution is -2.38. The summed E-state index contributed by atoms with van der Waals surface area (Å²) in [7, 11) is -4.05. The topological polar surface area (TPSA) is 85.4 Å². The molecule has 1 amide bonds. The zero-order chi connectivity index (χ0) is 22.0. The van der Waals surface area contributed by atoms with E-state index in [9.17, 15) is 17.6 Å². The van der Waals surface area contributed by atoms with E-state index in [0.717, 1.165) is 0 Å². The Labute approximate surface area is 184 Å². The summed E-state index contributed by atoms with van der Waals surface area (Å²) in [6.45, 7) is 1.55. The smallest absolute Gasteiger partial charge is 0.414 e. The van der Waals surface area contributed by atoms with E-state index in [-0.39, 0.29) is 23.7 Å². The molecule has 2 saturated heterocycles. The first-order chi connectivity index (χ1) is 14.8. The number of amides is 1. The average molecular weight is 471 g/mol. The predicted molar refractivity (Wildman–Crippen MR) is 112 cm³/mol. The van der Waals surface area contributed by atoms with Gasteiger partial charge >= 0.3 is 6.09 Å². The molecule has 2 aliphatic rings. The Morgan fingerprint density at radius 1 is 1.13 bits per heavy atom. The molecule has 4 rings (SSSR count). The van der Waals surface area contributed by atoms with Gasteiger partial charge in [0.2, 0.25) is 0 Å². The summed E-state index contributed by atoms with van der Waals surface area (Å²) in [6.07, 6.45) is -1.53. The van der Waals surface area contributed by atoms with Crippen molar-refractivity contribution in [2.75, 3.05) is 49.3 Å². The molecule has 166 valence electrons. The molecular formula is C20H20ClFN2O6S. The van der Waals surface area contributed by atoms with Gasteiger partial charge in [-0.15, -0.1) is 0 Å². The highest BCUT2D eigenvalue weighted by atomic mass is 35.5. The summed E-state index contributed by atoms with van der Waals surface area (Å²) in [5.74, 6) is -0.461. The Morgan fingerprint density at radius 2 is 1.84 bits per heavy atom. The molecule has 31 heavy (non-hydrogen) atoms. The SMILES string of the molecule is O=C1OC(COS(=O)(=O)c2ccc(Cl)cc2)CN1c1cccc(F)c1N1CCOCC1. The van der Waals surface area contributed by atoms with Crippen molar-refractivity contribution in [3.05, 3.63) is 53.3 Å². The monoisotopic (exact) mass is 470 g/mol. The molecule has 1 unspecified atom stereocenters. The molecule has 2 aromatic rings. The van der Waals surface area contributed by atoms with E-state index in [1.807, 2.05) is 4.90 Å². The van der Waals surface area contributed by atoms with Crippen LogP contribution >= 0.6 is 11.6 Å². The predicted octanol–water partition coefficient (Wildman–Crippen LogP) is 3.05. The largest absolute Gasteiger partial charge is 0.441 e. The van der Waals surface area contributed by atoms with Crippen molar-refractivity contribution in [1.82, 2.24) is 0 Å². The highest BCUT2D eigenvalue weighted by Gasteiger charge is 2.36. The van der Waals surface area contributed by atoms with Gasteiger partial charge in [0.05, 0.1) is 36.0 Å². The van der Waals surface area contributed by atoms with Crippen LogP contribution in [0.5, 0.6) is 0 Å². The van der Waals surface area contributed by atoms with Crippen molar-refractivity contribution in [2.45, 2.75) is 11.0 Å². The number of hydrogen-bond acceptors (Lipinski definition) is 7. The van der Waals surface area contributed by atoms with Crippen LogP contribution in [0.25, 0.3) is 0 Å². The Bertz CT molecular complexity index is 1060. The number of hydrogen-bond donors (Lipinski definition) is 0. The van der Waals surface area contributed by atoms with Crippen molar-refractivity contribution < 1.29 is 31.3 Å². The lowest BCUT2D eigenvalue weighted by molar-refractivity contribution is 0.107. The van der Waals surface area contributed by atoms with E-state index in [4.69, 9.17) is 25.3 Å². The van der Waals surface area contributed by atoms with Crippen LogP contribution in [0.15, 0.2) is 47.4 Å². The van der Waals surface area contributed by atoms with Crippen LogP contribution in [-0.2, 0) is 23.8 Å². The number of para-hydroxylation sites is 1. The maximum Gasteiger partial charge on any atom is 0.414 e.